The lowest BCUT2D eigenvalue weighted by molar-refractivity contribution is 1.01. The van der Waals surface area contributed by atoms with Crippen molar-refractivity contribution in [1.29, 1.82) is 0 Å². The van der Waals surface area contributed by atoms with Gasteiger partial charge in [0.1, 0.15) is 0 Å². The standard InChI is InChI=1S/C10H10NO/c12-11-8-4-3-6-9-5-1-2-7-10(9)11/h1-2,4-5,7-8H,3,6H2/q-1. The molecule has 0 aromatic heterocycles. The molecule has 1 heterocycles. The fourth-order valence-corrected chi connectivity index (χ4v) is 1.43. The molecule has 1 aliphatic heterocycles. The van der Waals surface area contributed by atoms with E-state index in [0.717, 1.165) is 29.2 Å². The molecule has 62 valence electrons. The molecule has 0 aliphatic carbocycles. The van der Waals surface area contributed by atoms with Crippen molar-refractivity contribution in [2.75, 3.05) is 5.06 Å². The van der Waals surface area contributed by atoms with Gasteiger partial charge in [0.25, 0.3) is 0 Å². The van der Waals surface area contributed by atoms with Gasteiger partial charge in [0.15, 0.2) is 0 Å². The van der Waals surface area contributed by atoms with E-state index >= 15 is 0 Å². The van der Waals surface area contributed by atoms with Crippen LogP contribution in [-0.2, 0) is 6.42 Å². The Morgan fingerprint density at radius 1 is 1.25 bits per heavy atom. The van der Waals surface area contributed by atoms with Crippen molar-refractivity contribution >= 4 is 5.69 Å². The molecule has 0 N–H and O–H groups in total. The highest BCUT2D eigenvalue weighted by molar-refractivity contribution is 5.57. The van der Waals surface area contributed by atoms with E-state index in [1.54, 1.807) is 6.20 Å². The quantitative estimate of drug-likeness (QED) is 0.582. The lowest BCUT2D eigenvalue weighted by atomic mass is 10.1. The molecular weight excluding hydrogens is 150 g/mol. The van der Waals surface area contributed by atoms with Crippen LogP contribution in [0.2, 0.25) is 0 Å². The zero-order chi connectivity index (χ0) is 8.39. The Morgan fingerprint density at radius 2 is 2.08 bits per heavy atom. The van der Waals surface area contributed by atoms with E-state index in [1.165, 1.54) is 0 Å². The highest BCUT2D eigenvalue weighted by Crippen LogP contribution is 2.23. The minimum Gasteiger partial charge on any atom is -0.754 e. The highest BCUT2D eigenvalue weighted by atomic mass is 16.5. The molecule has 1 aromatic rings. The van der Waals surface area contributed by atoms with Crippen LogP contribution in [0.5, 0.6) is 0 Å². The van der Waals surface area contributed by atoms with Gasteiger partial charge in [-0.1, -0.05) is 24.3 Å². The van der Waals surface area contributed by atoms with E-state index in [2.05, 4.69) is 0 Å². The number of nitrogens with zero attached hydrogens (tertiary/aromatic N) is 1. The Hall–Kier alpha value is -1.28. The van der Waals surface area contributed by atoms with Crippen LogP contribution in [0.3, 0.4) is 0 Å². The van der Waals surface area contributed by atoms with Gasteiger partial charge in [-0.15, -0.1) is 0 Å². The van der Waals surface area contributed by atoms with E-state index in [0.29, 0.717) is 0 Å². The molecule has 0 unspecified atom stereocenters. The SMILES string of the molecule is [O-]N1C=CCCc2ccccc21. The van der Waals surface area contributed by atoms with Gasteiger partial charge >= 0.3 is 0 Å². The third-order valence-electron chi connectivity index (χ3n) is 2.05. The number of rotatable bonds is 0. The van der Waals surface area contributed by atoms with Crippen LogP contribution in [0.25, 0.3) is 0 Å². The number of hydrogen-bond donors (Lipinski definition) is 0. The number of allylic oxidation sites excluding steroid dienone is 1. The predicted octanol–water partition coefficient (Wildman–Crippen LogP) is 2.45. The minimum atomic E-state index is 0.784. The Balaban J connectivity index is 2.46. The van der Waals surface area contributed by atoms with Crippen molar-refractivity contribution in [3.05, 3.63) is 47.3 Å². The van der Waals surface area contributed by atoms with Crippen molar-refractivity contribution in [3.63, 3.8) is 0 Å². The molecule has 0 bridgehead atoms. The third-order valence-corrected chi connectivity index (χ3v) is 2.05. The van der Waals surface area contributed by atoms with E-state index in [-0.39, 0.29) is 0 Å². The first-order valence-electron chi connectivity index (χ1n) is 4.09. The minimum absolute atomic E-state index is 0.784. The summed E-state index contributed by atoms with van der Waals surface area (Å²) in [4.78, 5) is 0. The fourth-order valence-electron chi connectivity index (χ4n) is 1.43. The number of benzene rings is 1. The van der Waals surface area contributed by atoms with Gasteiger partial charge in [-0.05, 0) is 30.7 Å². The summed E-state index contributed by atoms with van der Waals surface area (Å²) in [5.74, 6) is 0. The van der Waals surface area contributed by atoms with E-state index in [9.17, 15) is 5.21 Å². The molecule has 0 fully saturated rings. The Bertz CT molecular complexity index is 306. The van der Waals surface area contributed by atoms with Crippen molar-refractivity contribution in [1.82, 2.24) is 0 Å². The monoisotopic (exact) mass is 160 g/mol. The molecular formula is C10H10NO-. The highest BCUT2D eigenvalue weighted by Gasteiger charge is 2.03. The van der Waals surface area contributed by atoms with Crippen LogP contribution in [0, 0.1) is 5.21 Å². The summed E-state index contributed by atoms with van der Waals surface area (Å²) in [6.07, 6.45) is 5.42. The second-order valence-electron chi connectivity index (χ2n) is 2.88. The van der Waals surface area contributed by atoms with Crippen molar-refractivity contribution < 1.29 is 0 Å². The summed E-state index contributed by atoms with van der Waals surface area (Å²) in [5.41, 5.74) is 1.92. The maximum absolute atomic E-state index is 11.3. The summed E-state index contributed by atoms with van der Waals surface area (Å²) in [5, 5.41) is 12.3. The van der Waals surface area contributed by atoms with Crippen LogP contribution in [0.1, 0.15) is 12.0 Å². The maximum Gasteiger partial charge on any atom is 0.0331 e. The number of aryl methyl sites for hydroxylation is 1. The van der Waals surface area contributed by atoms with Crippen molar-refractivity contribution in [2.45, 2.75) is 12.8 Å². The van der Waals surface area contributed by atoms with Crippen LogP contribution >= 0.6 is 0 Å². The second kappa shape index (κ2) is 2.99. The number of anilines is 1. The van der Waals surface area contributed by atoms with E-state index in [4.69, 9.17) is 0 Å². The van der Waals surface area contributed by atoms with Crippen LogP contribution < -0.4 is 5.06 Å². The Kier molecular flexibility index (Phi) is 1.84. The normalized spacial score (nSPS) is 15.6. The summed E-state index contributed by atoms with van der Waals surface area (Å²) >= 11 is 0. The fraction of sp³-hybridized carbons (Fsp3) is 0.200. The summed E-state index contributed by atoms with van der Waals surface area (Å²) in [6.45, 7) is 0. The topological polar surface area (TPSA) is 26.3 Å². The number of para-hydroxylation sites is 1. The molecule has 0 spiro atoms. The van der Waals surface area contributed by atoms with Gasteiger partial charge < -0.3 is 10.3 Å². The lowest BCUT2D eigenvalue weighted by Gasteiger charge is -2.27. The lowest BCUT2D eigenvalue weighted by Crippen LogP contribution is -2.05. The van der Waals surface area contributed by atoms with Crippen LogP contribution in [0.15, 0.2) is 36.5 Å². The average molecular weight is 160 g/mol. The van der Waals surface area contributed by atoms with E-state index < -0.39 is 0 Å². The molecule has 0 atom stereocenters. The molecule has 2 rings (SSSR count). The van der Waals surface area contributed by atoms with E-state index in [1.807, 2.05) is 30.3 Å². The summed E-state index contributed by atoms with van der Waals surface area (Å²) in [6, 6.07) is 7.73. The largest absolute Gasteiger partial charge is 0.754 e. The molecule has 1 aromatic carbocycles. The van der Waals surface area contributed by atoms with Crippen LogP contribution in [-0.4, -0.2) is 0 Å². The van der Waals surface area contributed by atoms with Crippen molar-refractivity contribution in [2.24, 2.45) is 0 Å². The summed E-state index contributed by atoms with van der Waals surface area (Å²) in [7, 11) is 0. The maximum atomic E-state index is 11.3. The molecule has 0 amide bonds. The second-order valence-corrected chi connectivity index (χ2v) is 2.88. The molecule has 2 nitrogen and oxygen atoms in total. The molecule has 2 heteroatoms. The predicted molar refractivity (Wildman–Crippen MR) is 49.7 cm³/mol. The first-order valence-corrected chi connectivity index (χ1v) is 4.09. The van der Waals surface area contributed by atoms with Crippen LogP contribution in [0.4, 0.5) is 5.69 Å². The molecule has 12 heavy (non-hydrogen) atoms. The Morgan fingerprint density at radius 3 is 3.00 bits per heavy atom. The van der Waals surface area contributed by atoms with Gasteiger partial charge in [0, 0.05) is 5.69 Å². The number of hydroxylamine groups is 1. The van der Waals surface area contributed by atoms with Gasteiger partial charge in [0.05, 0.1) is 0 Å². The smallest absolute Gasteiger partial charge is 0.0331 e. The third kappa shape index (κ3) is 1.21. The zero-order valence-electron chi connectivity index (χ0n) is 6.73. The van der Waals surface area contributed by atoms with Crippen molar-refractivity contribution in [3.8, 4) is 0 Å². The number of hydrogen-bond acceptors (Lipinski definition) is 2. The van der Waals surface area contributed by atoms with Gasteiger partial charge in [0.2, 0.25) is 0 Å². The molecule has 0 saturated carbocycles. The van der Waals surface area contributed by atoms with Gasteiger partial charge in [-0.3, -0.25) is 0 Å². The first-order chi connectivity index (χ1) is 5.88. The average Bonchev–Trinajstić information content (AvgIpc) is 2.29. The Labute approximate surface area is 71.7 Å². The van der Waals surface area contributed by atoms with Gasteiger partial charge in [-0.2, -0.15) is 0 Å². The van der Waals surface area contributed by atoms with Gasteiger partial charge in [-0.25, -0.2) is 0 Å². The summed E-state index contributed by atoms with van der Waals surface area (Å²) < 4.78 is 0. The first kappa shape index (κ1) is 7.37. The number of fused-ring (bicyclic) bond motifs is 1. The molecule has 0 radical (unpaired) electrons. The molecule has 0 saturated heterocycles. The molecule has 1 aliphatic rings. The zero-order valence-corrected chi connectivity index (χ0v) is 6.73.